The molecule has 1 fully saturated rings. The summed E-state index contributed by atoms with van der Waals surface area (Å²) in [4.78, 5) is 0. The molecule has 0 aliphatic carbocycles. The van der Waals surface area contributed by atoms with E-state index in [1.807, 2.05) is 0 Å². The van der Waals surface area contributed by atoms with E-state index >= 15 is 0 Å². The molecule has 0 spiro atoms. The molecule has 0 aromatic heterocycles. The molecule has 1 heterocycles. The SMILES string of the molecule is CCOP(=O)(OCC)C(CCC1OCCO1)P(=O)(OCC)OCC. The van der Waals surface area contributed by atoms with Gasteiger partial charge in [-0.1, -0.05) is 0 Å². The summed E-state index contributed by atoms with van der Waals surface area (Å²) in [5.74, 6) is 0. The van der Waals surface area contributed by atoms with E-state index in [2.05, 4.69) is 0 Å². The van der Waals surface area contributed by atoms with Gasteiger partial charge in [-0.2, -0.15) is 0 Å². The van der Waals surface area contributed by atoms with Crippen LogP contribution in [0.1, 0.15) is 40.5 Å². The lowest BCUT2D eigenvalue weighted by atomic mass is 10.3. The first kappa shape index (κ1) is 22.3. The van der Waals surface area contributed by atoms with Crippen LogP contribution in [-0.2, 0) is 36.7 Å². The third kappa shape index (κ3) is 6.19. The Hall–Kier alpha value is 0.220. The Morgan fingerprint density at radius 2 is 1.21 bits per heavy atom. The largest absolute Gasteiger partial charge is 0.350 e. The van der Waals surface area contributed by atoms with Gasteiger partial charge in [0.15, 0.2) is 11.7 Å². The monoisotopic (exact) mass is 388 g/mol. The van der Waals surface area contributed by atoms with Gasteiger partial charge in [0.2, 0.25) is 0 Å². The molecule has 8 nitrogen and oxygen atoms in total. The van der Waals surface area contributed by atoms with E-state index in [0.717, 1.165) is 0 Å². The Bertz CT molecular complexity index is 388. The molecule has 1 saturated heterocycles. The van der Waals surface area contributed by atoms with Crippen LogP contribution < -0.4 is 0 Å². The lowest BCUT2D eigenvalue weighted by Crippen LogP contribution is -2.20. The molecule has 1 aliphatic rings. The van der Waals surface area contributed by atoms with E-state index in [1.165, 1.54) is 0 Å². The minimum atomic E-state index is -3.69. The molecule has 0 aromatic carbocycles. The van der Waals surface area contributed by atoms with Gasteiger partial charge in [-0.3, -0.25) is 9.13 Å². The molecule has 1 rings (SSSR count). The summed E-state index contributed by atoms with van der Waals surface area (Å²) in [5.41, 5.74) is 0. The second kappa shape index (κ2) is 11.0. The maximum atomic E-state index is 13.3. The van der Waals surface area contributed by atoms with E-state index in [4.69, 9.17) is 27.6 Å². The predicted molar refractivity (Wildman–Crippen MR) is 90.4 cm³/mol. The maximum Gasteiger partial charge on any atom is 0.345 e. The van der Waals surface area contributed by atoms with Crippen LogP contribution in [0.15, 0.2) is 0 Å². The topological polar surface area (TPSA) is 89.5 Å². The molecule has 0 saturated carbocycles. The predicted octanol–water partition coefficient (Wildman–Crippen LogP) is 4.00. The molecule has 1 aliphatic heterocycles. The van der Waals surface area contributed by atoms with Crippen molar-refractivity contribution in [2.75, 3.05) is 39.6 Å². The first-order valence-electron chi connectivity index (χ1n) is 8.46. The van der Waals surface area contributed by atoms with Crippen LogP contribution in [0.4, 0.5) is 0 Å². The molecule has 0 radical (unpaired) electrons. The molecular weight excluding hydrogens is 358 g/mol. The Morgan fingerprint density at radius 1 is 0.833 bits per heavy atom. The van der Waals surface area contributed by atoms with Crippen molar-refractivity contribution in [2.24, 2.45) is 0 Å². The lowest BCUT2D eigenvalue weighted by Gasteiger charge is -2.31. The van der Waals surface area contributed by atoms with Gasteiger partial charge in [0.1, 0.15) is 0 Å². The molecule has 0 atom stereocenters. The highest BCUT2D eigenvalue weighted by atomic mass is 31.2. The highest BCUT2D eigenvalue weighted by Gasteiger charge is 2.50. The summed E-state index contributed by atoms with van der Waals surface area (Å²) >= 11 is 0. The third-order valence-electron chi connectivity index (χ3n) is 3.32. The van der Waals surface area contributed by atoms with Crippen LogP contribution >= 0.6 is 15.2 Å². The van der Waals surface area contributed by atoms with Crippen LogP contribution in [-0.4, -0.2) is 51.3 Å². The van der Waals surface area contributed by atoms with Crippen molar-refractivity contribution in [1.82, 2.24) is 0 Å². The Kier molecular flexibility index (Phi) is 10.2. The van der Waals surface area contributed by atoms with Crippen molar-refractivity contribution in [3.05, 3.63) is 0 Å². The van der Waals surface area contributed by atoms with Crippen LogP contribution in [0, 0.1) is 0 Å². The van der Waals surface area contributed by atoms with Crippen LogP contribution in [0.3, 0.4) is 0 Å². The van der Waals surface area contributed by atoms with Crippen molar-refractivity contribution in [3.63, 3.8) is 0 Å². The Morgan fingerprint density at radius 3 is 1.54 bits per heavy atom. The van der Waals surface area contributed by atoms with E-state index in [9.17, 15) is 9.13 Å². The molecular formula is C14H30O8P2. The number of hydrogen-bond acceptors (Lipinski definition) is 8. The normalized spacial score (nSPS) is 17.0. The fourth-order valence-corrected chi connectivity index (χ4v) is 7.88. The Labute approximate surface area is 144 Å². The zero-order valence-electron chi connectivity index (χ0n) is 15.0. The average Bonchev–Trinajstić information content (AvgIpc) is 3.01. The smallest absolute Gasteiger partial charge is 0.345 e. The van der Waals surface area contributed by atoms with Crippen LogP contribution in [0.2, 0.25) is 0 Å². The van der Waals surface area contributed by atoms with Crippen molar-refractivity contribution in [2.45, 2.75) is 52.2 Å². The molecule has 24 heavy (non-hydrogen) atoms. The van der Waals surface area contributed by atoms with Crippen molar-refractivity contribution < 1.29 is 36.7 Å². The summed E-state index contributed by atoms with van der Waals surface area (Å²) < 4.78 is 58.9. The number of ether oxygens (including phenoxy) is 2. The third-order valence-corrected chi connectivity index (χ3v) is 9.46. The van der Waals surface area contributed by atoms with E-state index in [-0.39, 0.29) is 32.8 Å². The molecule has 0 aromatic rings. The molecule has 0 unspecified atom stereocenters. The van der Waals surface area contributed by atoms with Gasteiger partial charge < -0.3 is 27.6 Å². The molecule has 144 valence electrons. The molecule has 0 amide bonds. The fourth-order valence-electron chi connectivity index (χ4n) is 2.49. The first-order chi connectivity index (χ1) is 11.5. The summed E-state index contributed by atoms with van der Waals surface area (Å²) in [6, 6.07) is 0. The van der Waals surface area contributed by atoms with Crippen molar-refractivity contribution >= 4 is 15.2 Å². The van der Waals surface area contributed by atoms with Crippen molar-refractivity contribution in [1.29, 1.82) is 0 Å². The second-order valence-corrected chi connectivity index (χ2v) is 9.83. The highest BCUT2D eigenvalue weighted by molar-refractivity contribution is 7.72. The molecule has 0 bridgehead atoms. The van der Waals surface area contributed by atoms with Gasteiger partial charge >= 0.3 is 15.2 Å². The quantitative estimate of drug-likeness (QED) is 0.438. The number of rotatable bonds is 13. The average molecular weight is 388 g/mol. The molecule has 10 heteroatoms. The van der Waals surface area contributed by atoms with Gasteiger partial charge in [0.25, 0.3) is 0 Å². The van der Waals surface area contributed by atoms with Gasteiger partial charge in [0.05, 0.1) is 39.6 Å². The summed E-state index contributed by atoms with van der Waals surface area (Å²) in [5, 5.41) is -1.02. The Balaban J connectivity index is 3.06. The van der Waals surface area contributed by atoms with E-state index in [0.29, 0.717) is 19.6 Å². The number of hydrogen-bond donors (Lipinski definition) is 0. The first-order valence-corrected chi connectivity index (χ1v) is 11.7. The lowest BCUT2D eigenvalue weighted by molar-refractivity contribution is -0.0475. The van der Waals surface area contributed by atoms with Gasteiger partial charge in [-0.15, -0.1) is 0 Å². The summed E-state index contributed by atoms with van der Waals surface area (Å²) in [6.07, 6.45) is 0.207. The minimum Gasteiger partial charge on any atom is -0.350 e. The van der Waals surface area contributed by atoms with Crippen LogP contribution in [0.25, 0.3) is 0 Å². The highest BCUT2D eigenvalue weighted by Crippen LogP contribution is 2.71. The summed E-state index contributed by atoms with van der Waals surface area (Å²) in [7, 11) is -7.38. The van der Waals surface area contributed by atoms with Crippen LogP contribution in [0.5, 0.6) is 0 Å². The van der Waals surface area contributed by atoms with Gasteiger partial charge in [-0.25, -0.2) is 0 Å². The van der Waals surface area contributed by atoms with E-state index in [1.54, 1.807) is 27.7 Å². The second-order valence-electron chi connectivity index (χ2n) is 4.98. The van der Waals surface area contributed by atoms with Gasteiger partial charge in [0, 0.05) is 0 Å². The molecule has 0 N–H and O–H groups in total. The zero-order chi connectivity index (χ0) is 18.1. The maximum absolute atomic E-state index is 13.3. The van der Waals surface area contributed by atoms with Crippen molar-refractivity contribution in [3.8, 4) is 0 Å². The zero-order valence-corrected chi connectivity index (χ0v) is 16.8. The standard InChI is InChI=1S/C14H30O8P2/c1-5-19-23(15,20-6-2)14(10-9-13-17-11-12-18-13)24(16,21-7-3)22-8-4/h13-14H,5-12H2,1-4H3. The van der Waals surface area contributed by atoms with Gasteiger partial charge in [-0.05, 0) is 40.5 Å². The van der Waals surface area contributed by atoms with E-state index < -0.39 is 26.9 Å². The fraction of sp³-hybridized carbons (Fsp3) is 1.00. The minimum absolute atomic E-state index is 0.169. The summed E-state index contributed by atoms with van der Waals surface area (Å²) in [6.45, 7) is 8.53.